The van der Waals surface area contributed by atoms with E-state index in [1.54, 1.807) is 45.3 Å². The monoisotopic (exact) mass is 598 g/mol. The molecule has 1 heterocycles. The molecular weight excluding hydrogens is 560 g/mol. The molecule has 39 heavy (non-hydrogen) atoms. The summed E-state index contributed by atoms with van der Waals surface area (Å²) in [6.07, 6.45) is 8.75. The van der Waals surface area contributed by atoms with Crippen molar-refractivity contribution in [3.8, 4) is 5.75 Å². The summed E-state index contributed by atoms with van der Waals surface area (Å²) in [6, 6.07) is 11.1. The van der Waals surface area contributed by atoms with Gasteiger partial charge in [0.15, 0.2) is 0 Å². The van der Waals surface area contributed by atoms with Crippen molar-refractivity contribution in [3.63, 3.8) is 0 Å². The Bertz CT molecular complexity index is 1260. The zero-order valence-corrected chi connectivity index (χ0v) is 24.9. The third-order valence-electron chi connectivity index (χ3n) is 6.01. The summed E-state index contributed by atoms with van der Waals surface area (Å²) >= 11 is 3.55. The van der Waals surface area contributed by atoms with Crippen molar-refractivity contribution in [1.82, 2.24) is 9.97 Å². The van der Waals surface area contributed by atoms with Crippen LogP contribution in [0.1, 0.15) is 77.8 Å². The van der Waals surface area contributed by atoms with Crippen LogP contribution in [0.25, 0.3) is 10.9 Å². The first-order valence-electron chi connectivity index (χ1n) is 13.5. The number of rotatable bonds is 13. The van der Waals surface area contributed by atoms with E-state index >= 15 is 0 Å². The third kappa shape index (κ3) is 10.5. The topological polar surface area (TPSA) is 102 Å². The molecule has 0 saturated heterocycles. The van der Waals surface area contributed by atoms with E-state index in [4.69, 9.17) is 9.47 Å². The first-order chi connectivity index (χ1) is 18.6. The average molecular weight is 600 g/mol. The van der Waals surface area contributed by atoms with E-state index in [-0.39, 0.29) is 5.91 Å². The number of benzene rings is 2. The minimum absolute atomic E-state index is 0.0638. The number of aromatic nitrogens is 2. The molecule has 8 nitrogen and oxygen atoms in total. The summed E-state index contributed by atoms with van der Waals surface area (Å²) in [5, 5.41) is 6.60. The molecule has 0 spiro atoms. The van der Waals surface area contributed by atoms with Gasteiger partial charge in [0, 0.05) is 22.0 Å². The number of anilines is 2. The predicted octanol–water partition coefficient (Wildman–Crippen LogP) is 8.19. The summed E-state index contributed by atoms with van der Waals surface area (Å²) in [6.45, 7) is 8.03. The highest BCUT2D eigenvalue weighted by Gasteiger charge is 2.17. The number of nitrogens with zero attached hydrogens (tertiary/aromatic N) is 2. The quantitative estimate of drug-likeness (QED) is 0.192. The lowest BCUT2D eigenvalue weighted by atomic mass is 10.1. The highest BCUT2D eigenvalue weighted by atomic mass is 79.9. The molecule has 1 aromatic heterocycles. The van der Waals surface area contributed by atoms with Gasteiger partial charge in [-0.05, 0) is 64.8 Å². The second-order valence-corrected chi connectivity index (χ2v) is 11.5. The summed E-state index contributed by atoms with van der Waals surface area (Å²) < 4.78 is 12.3. The lowest BCUT2D eigenvalue weighted by Crippen LogP contribution is -2.27. The highest BCUT2D eigenvalue weighted by Crippen LogP contribution is 2.30. The van der Waals surface area contributed by atoms with Crippen molar-refractivity contribution < 1.29 is 19.1 Å². The predicted molar refractivity (Wildman–Crippen MR) is 159 cm³/mol. The van der Waals surface area contributed by atoms with Gasteiger partial charge in [0.05, 0.1) is 18.0 Å². The number of aryl methyl sites for hydroxylation is 1. The Hall–Kier alpha value is -3.20. The first kappa shape index (κ1) is 30.3. The molecule has 0 atom stereocenters. The van der Waals surface area contributed by atoms with Gasteiger partial charge in [0.2, 0.25) is 5.91 Å². The minimum Gasteiger partial charge on any atom is -0.491 e. The van der Waals surface area contributed by atoms with E-state index < -0.39 is 11.7 Å². The fourth-order valence-corrected chi connectivity index (χ4v) is 4.55. The molecule has 0 aliphatic rings. The maximum absolute atomic E-state index is 12.4. The van der Waals surface area contributed by atoms with Gasteiger partial charge in [-0.2, -0.15) is 0 Å². The van der Waals surface area contributed by atoms with Crippen LogP contribution in [0.5, 0.6) is 5.75 Å². The smallest absolute Gasteiger partial charge is 0.412 e. The van der Waals surface area contributed by atoms with E-state index in [9.17, 15) is 9.59 Å². The number of fused-ring (bicyclic) bond motifs is 1. The van der Waals surface area contributed by atoms with Gasteiger partial charge in [-0.3, -0.25) is 10.1 Å². The molecule has 9 heteroatoms. The molecule has 0 aliphatic heterocycles. The Morgan fingerprint density at radius 2 is 1.54 bits per heavy atom. The van der Waals surface area contributed by atoms with Gasteiger partial charge < -0.3 is 14.8 Å². The summed E-state index contributed by atoms with van der Waals surface area (Å²) in [7, 11) is 0. The number of carbonyl (C=O) groups excluding carboxylic acids is 2. The maximum Gasteiger partial charge on any atom is 0.412 e. The molecule has 210 valence electrons. The number of nitrogens with one attached hydrogen (secondary N) is 2. The zero-order chi connectivity index (χ0) is 28.3. The molecule has 0 saturated carbocycles. The van der Waals surface area contributed by atoms with Crippen molar-refractivity contribution in [1.29, 1.82) is 0 Å². The van der Waals surface area contributed by atoms with Crippen molar-refractivity contribution in [2.24, 2.45) is 0 Å². The molecule has 0 aliphatic carbocycles. The van der Waals surface area contributed by atoms with Crippen LogP contribution in [0.4, 0.5) is 16.2 Å². The summed E-state index contributed by atoms with van der Waals surface area (Å²) in [5.41, 5.74) is 2.26. The van der Waals surface area contributed by atoms with E-state index in [0.717, 1.165) is 71.8 Å². The molecule has 0 radical (unpaired) electrons. The molecule has 3 aromatic rings. The van der Waals surface area contributed by atoms with Crippen LogP contribution in [0.15, 0.2) is 47.2 Å². The van der Waals surface area contributed by atoms with Crippen molar-refractivity contribution in [3.05, 3.63) is 52.9 Å². The van der Waals surface area contributed by atoms with Crippen molar-refractivity contribution in [2.75, 3.05) is 17.2 Å². The Morgan fingerprint density at radius 1 is 0.897 bits per heavy atom. The Labute approximate surface area is 239 Å². The SMILES string of the molecule is Cc1ncnc2c(OCCCCCCCCCC(=O)Nc3ccccc3NC(=O)OC(C)(C)C)cc(Br)cc12. The molecule has 3 rings (SSSR count). The molecule has 2 amide bonds. The fraction of sp³-hybridized carbons (Fsp3) is 0.467. The van der Waals surface area contributed by atoms with Gasteiger partial charge in [0.1, 0.15) is 23.2 Å². The average Bonchev–Trinajstić information content (AvgIpc) is 2.85. The standard InChI is InChI=1S/C30H39BrN4O4/c1-21-23-18-22(31)19-26(28(23)33-20-32-21)38-17-13-9-7-5-6-8-10-16-27(36)34-24-14-11-12-15-25(24)35-29(37)39-30(2,3)4/h11-12,14-15,18-20H,5-10,13,16-17H2,1-4H3,(H,34,36)(H,35,37). The van der Waals surface area contributed by atoms with Crippen molar-refractivity contribution >= 4 is 50.2 Å². The number of halogens is 1. The van der Waals surface area contributed by atoms with Gasteiger partial charge in [-0.25, -0.2) is 14.8 Å². The third-order valence-corrected chi connectivity index (χ3v) is 6.47. The Balaban J connectivity index is 1.28. The van der Waals surface area contributed by atoms with Crippen LogP contribution in [0.3, 0.4) is 0 Å². The van der Waals surface area contributed by atoms with Crippen LogP contribution >= 0.6 is 15.9 Å². The Morgan fingerprint density at radius 3 is 2.23 bits per heavy atom. The second-order valence-electron chi connectivity index (χ2n) is 10.6. The van der Waals surface area contributed by atoms with Crippen LogP contribution in [0, 0.1) is 6.92 Å². The summed E-state index contributed by atoms with van der Waals surface area (Å²) in [5.74, 6) is 0.720. The van der Waals surface area contributed by atoms with Crippen LogP contribution in [0.2, 0.25) is 0 Å². The fourth-order valence-electron chi connectivity index (χ4n) is 4.12. The van der Waals surface area contributed by atoms with E-state index in [2.05, 4.69) is 36.5 Å². The molecule has 0 fully saturated rings. The second kappa shape index (κ2) is 14.8. The zero-order valence-electron chi connectivity index (χ0n) is 23.3. The number of para-hydroxylation sites is 2. The van der Waals surface area contributed by atoms with E-state index in [1.807, 2.05) is 25.1 Å². The van der Waals surface area contributed by atoms with Crippen LogP contribution < -0.4 is 15.4 Å². The normalized spacial score (nSPS) is 11.3. The van der Waals surface area contributed by atoms with Crippen molar-refractivity contribution in [2.45, 2.75) is 84.7 Å². The molecule has 0 bridgehead atoms. The molecular formula is C30H39BrN4O4. The lowest BCUT2D eigenvalue weighted by Gasteiger charge is -2.20. The number of ether oxygens (including phenoxy) is 2. The van der Waals surface area contributed by atoms with Crippen LogP contribution in [-0.2, 0) is 9.53 Å². The number of carbonyl (C=O) groups is 2. The highest BCUT2D eigenvalue weighted by molar-refractivity contribution is 9.10. The van der Waals surface area contributed by atoms with E-state index in [0.29, 0.717) is 24.4 Å². The number of hydrogen-bond acceptors (Lipinski definition) is 6. The van der Waals surface area contributed by atoms with Gasteiger partial charge >= 0.3 is 6.09 Å². The first-order valence-corrected chi connectivity index (χ1v) is 14.3. The number of unbranched alkanes of at least 4 members (excludes halogenated alkanes) is 6. The maximum atomic E-state index is 12.4. The van der Waals surface area contributed by atoms with Crippen LogP contribution in [-0.4, -0.2) is 34.2 Å². The molecule has 2 aromatic carbocycles. The largest absolute Gasteiger partial charge is 0.491 e. The molecule has 2 N–H and O–H groups in total. The lowest BCUT2D eigenvalue weighted by molar-refractivity contribution is -0.116. The number of hydrogen-bond donors (Lipinski definition) is 2. The summed E-state index contributed by atoms with van der Waals surface area (Å²) in [4.78, 5) is 33.2. The molecule has 0 unspecified atom stereocenters. The van der Waals surface area contributed by atoms with Gasteiger partial charge in [-0.1, -0.05) is 60.2 Å². The van der Waals surface area contributed by atoms with Gasteiger partial charge in [0.25, 0.3) is 0 Å². The number of amides is 2. The Kier molecular flexibility index (Phi) is 11.5. The van der Waals surface area contributed by atoms with Gasteiger partial charge in [-0.15, -0.1) is 0 Å². The van der Waals surface area contributed by atoms with E-state index in [1.165, 1.54) is 0 Å². The minimum atomic E-state index is -0.597.